The lowest BCUT2D eigenvalue weighted by Gasteiger charge is -2.20. The van der Waals surface area contributed by atoms with Gasteiger partial charge in [0, 0.05) is 44.7 Å². The van der Waals surface area contributed by atoms with Gasteiger partial charge in [0.25, 0.3) is 0 Å². The Labute approximate surface area is 233 Å². The molecule has 1 saturated heterocycles. The Bertz CT molecular complexity index is 1470. The number of aromatic nitrogens is 3. The van der Waals surface area contributed by atoms with Crippen molar-refractivity contribution in [3.05, 3.63) is 94.9 Å². The smallest absolute Gasteiger partial charge is 0.220 e. The summed E-state index contributed by atoms with van der Waals surface area (Å²) in [7, 11) is 4.28. The largest absolute Gasteiger partial charge is 0.350 e. The molecule has 0 radical (unpaired) electrons. The van der Waals surface area contributed by atoms with Crippen LogP contribution in [0.2, 0.25) is 0 Å². The molecule has 0 bridgehead atoms. The van der Waals surface area contributed by atoms with Crippen molar-refractivity contribution in [2.24, 2.45) is 0 Å². The first-order valence-corrected chi connectivity index (χ1v) is 13.8. The van der Waals surface area contributed by atoms with Crippen molar-refractivity contribution >= 4 is 17.1 Å². The van der Waals surface area contributed by atoms with E-state index in [-0.39, 0.29) is 24.9 Å². The van der Waals surface area contributed by atoms with Crippen molar-refractivity contribution in [1.82, 2.24) is 29.7 Å². The number of nitrogens with one attached hydrogen (secondary N) is 1. The van der Waals surface area contributed by atoms with Crippen LogP contribution in [0.1, 0.15) is 48.3 Å². The van der Waals surface area contributed by atoms with E-state index in [0.29, 0.717) is 35.0 Å². The number of likely N-dealkylation sites (tertiary alicyclic amines) is 1. The van der Waals surface area contributed by atoms with Crippen molar-refractivity contribution in [2.75, 3.05) is 27.2 Å². The average molecular weight is 547 g/mol. The maximum Gasteiger partial charge on any atom is 0.220 e. The molecule has 7 nitrogen and oxygen atoms in total. The van der Waals surface area contributed by atoms with Gasteiger partial charge in [0.2, 0.25) is 5.91 Å². The van der Waals surface area contributed by atoms with E-state index in [1.807, 2.05) is 17.6 Å². The summed E-state index contributed by atoms with van der Waals surface area (Å²) in [6.45, 7) is 5.40. The molecule has 1 fully saturated rings. The van der Waals surface area contributed by atoms with E-state index < -0.39 is 11.6 Å². The van der Waals surface area contributed by atoms with E-state index in [2.05, 4.69) is 63.4 Å². The zero-order valence-electron chi connectivity index (χ0n) is 23.3. The summed E-state index contributed by atoms with van der Waals surface area (Å²) in [4.78, 5) is 26.8. The minimum absolute atomic E-state index is 0.0808. The van der Waals surface area contributed by atoms with Crippen LogP contribution in [-0.2, 0) is 24.3 Å². The number of hydrogen-bond donors (Lipinski definition) is 1. The third kappa shape index (κ3) is 6.54. The Balaban J connectivity index is 1.19. The summed E-state index contributed by atoms with van der Waals surface area (Å²) in [5.41, 5.74) is 4.26. The molecule has 2 aromatic heterocycles. The van der Waals surface area contributed by atoms with E-state index in [4.69, 9.17) is 0 Å². The molecular weight excluding hydrogens is 510 g/mol. The fraction of sp³-hybridized carbons (Fsp3) is 0.387. The van der Waals surface area contributed by atoms with Gasteiger partial charge in [0.1, 0.15) is 11.3 Å². The third-order valence-corrected chi connectivity index (χ3v) is 7.72. The highest BCUT2D eigenvalue weighted by Crippen LogP contribution is 2.21. The lowest BCUT2D eigenvalue weighted by atomic mass is 10.1. The average Bonchev–Trinajstić information content (AvgIpc) is 3.55. The number of fused-ring (bicyclic) bond motifs is 1. The number of likely N-dealkylation sites (N-methyl/N-ethyl adjacent to an activating group) is 1. The SMILES string of the molecule is CC(NC(=O)CCc1nc2cccnc2n1Cc1ccc(F)c(F)c1)c1ccc(CN2CCC(N(C)C)C2)cc1. The van der Waals surface area contributed by atoms with Crippen LogP contribution in [0.25, 0.3) is 11.2 Å². The Kier molecular flexibility index (Phi) is 8.52. The molecule has 4 aromatic rings. The van der Waals surface area contributed by atoms with Gasteiger partial charge in [-0.05, 0) is 68.4 Å². The number of halogens is 2. The van der Waals surface area contributed by atoms with Gasteiger partial charge in [-0.15, -0.1) is 0 Å². The van der Waals surface area contributed by atoms with E-state index in [9.17, 15) is 13.6 Å². The second-order valence-corrected chi connectivity index (χ2v) is 10.9. The number of aryl methyl sites for hydroxylation is 1. The van der Waals surface area contributed by atoms with Crippen LogP contribution in [0.5, 0.6) is 0 Å². The first-order valence-electron chi connectivity index (χ1n) is 13.8. The van der Waals surface area contributed by atoms with Gasteiger partial charge in [-0.25, -0.2) is 18.7 Å². The second kappa shape index (κ2) is 12.2. The van der Waals surface area contributed by atoms with Crippen molar-refractivity contribution in [3.8, 4) is 0 Å². The van der Waals surface area contributed by atoms with Gasteiger partial charge in [-0.1, -0.05) is 30.3 Å². The summed E-state index contributed by atoms with van der Waals surface area (Å²) in [6.07, 6.45) is 3.50. The van der Waals surface area contributed by atoms with E-state index in [0.717, 1.165) is 31.3 Å². The van der Waals surface area contributed by atoms with E-state index >= 15 is 0 Å². The van der Waals surface area contributed by atoms with Crippen LogP contribution in [0.15, 0.2) is 60.8 Å². The first kappa shape index (κ1) is 27.9. The van der Waals surface area contributed by atoms with Crippen LogP contribution in [0.4, 0.5) is 8.78 Å². The minimum Gasteiger partial charge on any atom is -0.350 e. The molecule has 1 aliphatic heterocycles. The molecule has 1 aliphatic rings. The minimum atomic E-state index is -0.896. The molecule has 210 valence electrons. The molecule has 2 unspecified atom stereocenters. The van der Waals surface area contributed by atoms with Crippen LogP contribution >= 0.6 is 0 Å². The number of carbonyl (C=O) groups excluding carboxylic acids is 1. The molecule has 0 aliphatic carbocycles. The summed E-state index contributed by atoms with van der Waals surface area (Å²) in [6, 6.07) is 16.5. The molecule has 9 heteroatoms. The standard InChI is InChI=1S/C31H36F2N6O/c1-21(24-9-6-22(7-10-24)18-38-16-14-25(20-38)37(2)3)35-30(40)13-12-29-36-28-5-4-15-34-31(28)39(29)19-23-8-11-26(32)27(33)17-23/h4-11,15,17,21,25H,12-14,16,18-20H2,1-3H3,(H,35,40). The topological polar surface area (TPSA) is 66.3 Å². The number of imidazole rings is 1. The van der Waals surface area contributed by atoms with Gasteiger partial charge < -0.3 is 14.8 Å². The number of pyridine rings is 1. The molecule has 5 rings (SSSR count). The molecule has 40 heavy (non-hydrogen) atoms. The number of nitrogens with zero attached hydrogens (tertiary/aromatic N) is 5. The molecule has 2 aromatic carbocycles. The Morgan fingerprint density at radius 1 is 1.07 bits per heavy atom. The predicted octanol–water partition coefficient (Wildman–Crippen LogP) is 4.70. The van der Waals surface area contributed by atoms with Crippen LogP contribution in [0.3, 0.4) is 0 Å². The number of hydrogen-bond acceptors (Lipinski definition) is 5. The van der Waals surface area contributed by atoms with Gasteiger partial charge in [0.15, 0.2) is 17.3 Å². The highest BCUT2D eigenvalue weighted by molar-refractivity contribution is 5.77. The molecular formula is C31H36F2N6O. The maximum atomic E-state index is 13.8. The van der Waals surface area contributed by atoms with Crippen LogP contribution in [-0.4, -0.2) is 63.5 Å². The number of benzene rings is 2. The zero-order chi connectivity index (χ0) is 28.2. The van der Waals surface area contributed by atoms with Crippen molar-refractivity contribution in [3.63, 3.8) is 0 Å². The molecule has 1 amide bonds. The lowest BCUT2D eigenvalue weighted by molar-refractivity contribution is -0.121. The second-order valence-electron chi connectivity index (χ2n) is 10.9. The van der Waals surface area contributed by atoms with Crippen molar-refractivity contribution < 1.29 is 13.6 Å². The highest BCUT2D eigenvalue weighted by atomic mass is 19.2. The van der Waals surface area contributed by atoms with Crippen molar-refractivity contribution in [2.45, 2.75) is 51.4 Å². The Hall–Kier alpha value is -3.69. The van der Waals surface area contributed by atoms with Crippen LogP contribution in [0, 0.1) is 11.6 Å². The zero-order valence-corrected chi connectivity index (χ0v) is 23.3. The van der Waals surface area contributed by atoms with Gasteiger partial charge >= 0.3 is 0 Å². The fourth-order valence-electron chi connectivity index (χ4n) is 5.35. The van der Waals surface area contributed by atoms with E-state index in [1.54, 1.807) is 18.3 Å². The Morgan fingerprint density at radius 3 is 2.58 bits per heavy atom. The van der Waals surface area contributed by atoms with Gasteiger partial charge in [-0.3, -0.25) is 9.69 Å². The number of amides is 1. The van der Waals surface area contributed by atoms with Crippen LogP contribution < -0.4 is 5.32 Å². The van der Waals surface area contributed by atoms with E-state index in [1.165, 1.54) is 18.1 Å². The predicted molar refractivity (Wildman–Crippen MR) is 152 cm³/mol. The van der Waals surface area contributed by atoms with Crippen molar-refractivity contribution in [1.29, 1.82) is 0 Å². The third-order valence-electron chi connectivity index (χ3n) is 7.72. The summed E-state index contributed by atoms with van der Waals surface area (Å²) >= 11 is 0. The summed E-state index contributed by atoms with van der Waals surface area (Å²) < 4.78 is 29.1. The Morgan fingerprint density at radius 2 is 1.85 bits per heavy atom. The first-order chi connectivity index (χ1) is 19.3. The maximum absolute atomic E-state index is 13.8. The normalized spacial score (nSPS) is 16.6. The lowest BCUT2D eigenvalue weighted by Crippen LogP contribution is -2.31. The molecule has 2 atom stereocenters. The molecule has 0 saturated carbocycles. The van der Waals surface area contributed by atoms with Gasteiger partial charge in [-0.2, -0.15) is 0 Å². The monoisotopic (exact) mass is 546 g/mol. The van der Waals surface area contributed by atoms with Gasteiger partial charge in [0.05, 0.1) is 12.6 Å². The molecule has 1 N–H and O–H groups in total. The molecule has 3 heterocycles. The summed E-state index contributed by atoms with van der Waals surface area (Å²) in [5, 5.41) is 3.10. The molecule has 0 spiro atoms. The fourth-order valence-corrected chi connectivity index (χ4v) is 5.35. The number of carbonyl (C=O) groups is 1. The highest BCUT2D eigenvalue weighted by Gasteiger charge is 2.23. The summed E-state index contributed by atoms with van der Waals surface area (Å²) in [5.74, 6) is -1.19. The number of rotatable bonds is 10. The quantitative estimate of drug-likeness (QED) is 0.312.